The molecule has 2 rings (SSSR count). The molecular formula is C11H15BrN2O2. The zero-order valence-corrected chi connectivity index (χ0v) is 10.8. The molecule has 2 heterocycles. The third-order valence-electron chi connectivity index (χ3n) is 2.90. The van der Waals surface area contributed by atoms with Crippen LogP contribution in [0, 0.1) is 5.92 Å². The molecule has 1 aromatic heterocycles. The van der Waals surface area contributed by atoms with Crippen molar-refractivity contribution in [2.75, 3.05) is 26.7 Å². The van der Waals surface area contributed by atoms with Crippen LogP contribution in [-0.2, 0) is 0 Å². The molecule has 88 valence electrons. The molecule has 1 aliphatic heterocycles. The Kier molecular flexibility index (Phi) is 3.66. The summed E-state index contributed by atoms with van der Waals surface area (Å²) < 4.78 is 5.52. The summed E-state index contributed by atoms with van der Waals surface area (Å²) in [4.78, 5) is 14.0. The number of hydrogen-bond donors (Lipinski definition) is 1. The average molecular weight is 287 g/mol. The van der Waals surface area contributed by atoms with Crippen LogP contribution in [0.1, 0.15) is 16.8 Å². The molecule has 5 heteroatoms. The lowest BCUT2D eigenvalue weighted by Gasteiger charge is -2.11. The Morgan fingerprint density at radius 3 is 3.12 bits per heavy atom. The molecule has 1 unspecified atom stereocenters. The molecule has 1 amide bonds. The Hall–Kier alpha value is -0.810. The van der Waals surface area contributed by atoms with Crippen molar-refractivity contribution in [3.63, 3.8) is 0 Å². The molecule has 0 bridgehead atoms. The predicted octanol–water partition coefficient (Wildman–Crippen LogP) is 1.72. The van der Waals surface area contributed by atoms with Gasteiger partial charge in [-0.1, -0.05) is 0 Å². The minimum Gasteiger partial charge on any atom is -0.457 e. The first-order chi connectivity index (χ1) is 7.66. The number of hydrogen-bond acceptors (Lipinski definition) is 3. The highest BCUT2D eigenvalue weighted by atomic mass is 79.9. The smallest absolute Gasteiger partial charge is 0.255 e. The molecule has 1 N–H and O–H groups in total. The Labute approximate surface area is 103 Å². The van der Waals surface area contributed by atoms with E-state index >= 15 is 0 Å². The highest BCUT2D eigenvalue weighted by molar-refractivity contribution is 9.10. The summed E-state index contributed by atoms with van der Waals surface area (Å²) in [6.07, 6.45) is 2.66. The molecule has 0 aliphatic carbocycles. The SMILES string of the molecule is CN1CCC(CNC(=O)c2ccoc2Br)C1. The Bertz CT molecular complexity index is 378. The maximum atomic E-state index is 11.8. The van der Waals surface area contributed by atoms with Crippen molar-refractivity contribution in [3.8, 4) is 0 Å². The van der Waals surface area contributed by atoms with Crippen LogP contribution in [0.2, 0.25) is 0 Å². The highest BCUT2D eigenvalue weighted by Gasteiger charge is 2.20. The van der Waals surface area contributed by atoms with E-state index in [0.29, 0.717) is 16.2 Å². The summed E-state index contributed by atoms with van der Waals surface area (Å²) in [5.41, 5.74) is 0.561. The number of nitrogens with one attached hydrogen (secondary N) is 1. The summed E-state index contributed by atoms with van der Waals surface area (Å²) in [6.45, 7) is 2.92. The number of halogens is 1. The van der Waals surface area contributed by atoms with Gasteiger partial charge in [0.25, 0.3) is 5.91 Å². The predicted molar refractivity (Wildman–Crippen MR) is 64.3 cm³/mol. The zero-order chi connectivity index (χ0) is 11.5. The molecule has 1 atom stereocenters. The fourth-order valence-corrected chi connectivity index (χ4v) is 2.40. The van der Waals surface area contributed by atoms with Crippen LogP contribution in [0.5, 0.6) is 0 Å². The Balaban J connectivity index is 1.82. The number of carbonyl (C=O) groups is 1. The van der Waals surface area contributed by atoms with Crippen LogP contribution in [0.3, 0.4) is 0 Å². The largest absolute Gasteiger partial charge is 0.457 e. The van der Waals surface area contributed by atoms with E-state index in [4.69, 9.17) is 4.42 Å². The fourth-order valence-electron chi connectivity index (χ4n) is 1.98. The second-order valence-electron chi connectivity index (χ2n) is 4.23. The first-order valence-electron chi connectivity index (χ1n) is 5.36. The summed E-state index contributed by atoms with van der Waals surface area (Å²) in [7, 11) is 2.11. The van der Waals surface area contributed by atoms with E-state index in [1.54, 1.807) is 6.07 Å². The van der Waals surface area contributed by atoms with E-state index in [1.165, 1.54) is 6.26 Å². The van der Waals surface area contributed by atoms with Gasteiger partial charge in [-0.15, -0.1) is 0 Å². The standard InChI is InChI=1S/C11H15BrN2O2/c1-14-4-2-8(7-14)6-13-11(15)9-3-5-16-10(9)12/h3,5,8H,2,4,6-7H2,1H3,(H,13,15). The Morgan fingerprint density at radius 2 is 2.56 bits per heavy atom. The topological polar surface area (TPSA) is 45.5 Å². The minimum absolute atomic E-state index is 0.0739. The summed E-state index contributed by atoms with van der Waals surface area (Å²) in [5.74, 6) is 0.495. The van der Waals surface area contributed by atoms with Gasteiger partial charge < -0.3 is 14.6 Å². The first-order valence-corrected chi connectivity index (χ1v) is 6.16. The molecule has 0 spiro atoms. The maximum absolute atomic E-state index is 11.8. The van der Waals surface area contributed by atoms with E-state index in [1.807, 2.05) is 0 Å². The maximum Gasteiger partial charge on any atom is 0.255 e. The van der Waals surface area contributed by atoms with Crippen molar-refractivity contribution in [3.05, 3.63) is 22.6 Å². The van der Waals surface area contributed by atoms with Crippen LogP contribution in [0.25, 0.3) is 0 Å². The molecule has 1 saturated heterocycles. The van der Waals surface area contributed by atoms with Crippen molar-refractivity contribution in [1.29, 1.82) is 0 Å². The van der Waals surface area contributed by atoms with Gasteiger partial charge in [0.1, 0.15) is 0 Å². The second-order valence-corrected chi connectivity index (χ2v) is 4.96. The van der Waals surface area contributed by atoms with E-state index in [0.717, 1.165) is 26.1 Å². The molecular weight excluding hydrogens is 272 g/mol. The molecule has 0 aromatic carbocycles. The normalized spacial score (nSPS) is 21.2. The third kappa shape index (κ3) is 2.65. The lowest BCUT2D eigenvalue weighted by molar-refractivity contribution is 0.0946. The van der Waals surface area contributed by atoms with Gasteiger partial charge in [0.15, 0.2) is 4.67 Å². The van der Waals surface area contributed by atoms with Crippen molar-refractivity contribution in [2.45, 2.75) is 6.42 Å². The number of nitrogens with zero attached hydrogens (tertiary/aromatic N) is 1. The van der Waals surface area contributed by atoms with E-state index in [2.05, 4.69) is 33.2 Å². The number of carbonyl (C=O) groups excluding carboxylic acids is 1. The molecule has 0 saturated carbocycles. The second kappa shape index (κ2) is 5.01. The number of furan rings is 1. The average Bonchev–Trinajstić information content (AvgIpc) is 2.84. The van der Waals surface area contributed by atoms with Crippen LogP contribution >= 0.6 is 15.9 Å². The Morgan fingerprint density at radius 1 is 1.75 bits per heavy atom. The molecule has 4 nitrogen and oxygen atoms in total. The first kappa shape index (κ1) is 11.7. The van der Waals surface area contributed by atoms with Crippen molar-refractivity contribution in [2.24, 2.45) is 5.92 Å². The van der Waals surface area contributed by atoms with Gasteiger partial charge >= 0.3 is 0 Å². The number of amides is 1. The zero-order valence-electron chi connectivity index (χ0n) is 9.20. The molecule has 1 aliphatic rings. The molecule has 16 heavy (non-hydrogen) atoms. The number of likely N-dealkylation sites (tertiary alicyclic amines) is 1. The lowest BCUT2D eigenvalue weighted by atomic mass is 10.1. The van der Waals surface area contributed by atoms with Gasteiger partial charge in [-0.2, -0.15) is 0 Å². The fraction of sp³-hybridized carbons (Fsp3) is 0.545. The van der Waals surface area contributed by atoms with Gasteiger partial charge in [0.2, 0.25) is 0 Å². The minimum atomic E-state index is -0.0739. The van der Waals surface area contributed by atoms with Gasteiger partial charge in [0, 0.05) is 13.1 Å². The van der Waals surface area contributed by atoms with E-state index in [-0.39, 0.29) is 5.91 Å². The van der Waals surface area contributed by atoms with Gasteiger partial charge in [0.05, 0.1) is 11.8 Å². The van der Waals surface area contributed by atoms with Crippen molar-refractivity contribution < 1.29 is 9.21 Å². The molecule has 1 fully saturated rings. The van der Waals surface area contributed by atoms with Crippen LogP contribution < -0.4 is 5.32 Å². The van der Waals surface area contributed by atoms with Crippen LogP contribution in [0.15, 0.2) is 21.4 Å². The lowest BCUT2D eigenvalue weighted by Crippen LogP contribution is -2.30. The van der Waals surface area contributed by atoms with Crippen molar-refractivity contribution in [1.82, 2.24) is 10.2 Å². The quantitative estimate of drug-likeness (QED) is 0.920. The summed E-state index contributed by atoms with van der Waals surface area (Å²) >= 11 is 3.19. The summed E-state index contributed by atoms with van der Waals surface area (Å²) in [5, 5.41) is 2.93. The molecule has 0 radical (unpaired) electrons. The van der Waals surface area contributed by atoms with Gasteiger partial charge in [-0.05, 0) is 47.9 Å². The summed E-state index contributed by atoms with van der Waals surface area (Å²) in [6, 6.07) is 1.67. The van der Waals surface area contributed by atoms with Crippen molar-refractivity contribution >= 4 is 21.8 Å². The van der Waals surface area contributed by atoms with Gasteiger partial charge in [-0.25, -0.2) is 0 Å². The molecule has 1 aromatic rings. The van der Waals surface area contributed by atoms with E-state index in [9.17, 15) is 4.79 Å². The van der Waals surface area contributed by atoms with Gasteiger partial charge in [-0.3, -0.25) is 4.79 Å². The highest BCUT2D eigenvalue weighted by Crippen LogP contribution is 2.18. The monoisotopic (exact) mass is 286 g/mol. The van der Waals surface area contributed by atoms with E-state index < -0.39 is 0 Å². The van der Waals surface area contributed by atoms with Crippen LogP contribution in [-0.4, -0.2) is 37.5 Å². The number of rotatable bonds is 3. The third-order valence-corrected chi connectivity index (χ3v) is 3.52. The van der Waals surface area contributed by atoms with Crippen LogP contribution in [0.4, 0.5) is 0 Å².